The Morgan fingerprint density at radius 3 is 2.60 bits per heavy atom. The van der Waals surface area contributed by atoms with Gasteiger partial charge in [-0.2, -0.15) is 0 Å². The molecule has 2 saturated carbocycles. The topological polar surface area (TPSA) is 49.3 Å². The van der Waals surface area contributed by atoms with Gasteiger partial charge in [-0.3, -0.25) is 0 Å². The summed E-state index contributed by atoms with van der Waals surface area (Å²) in [6.07, 6.45) is 3.89. The maximum absolute atomic E-state index is 11.8. The third-order valence-corrected chi connectivity index (χ3v) is 7.11. The summed E-state index contributed by atoms with van der Waals surface area (Å²) in [5.74, 6) is 1.66. The number of halogens is 1. The van der Waals surface area contributed by atoms with Crippen molar-refractivity contribution in [3.05, 3.63) is 63.6 Å². The zero-order chi connectivity index (χ0) is 17.1. The number of fused-ring (bicyclic) bond motifs is 7. The molecule has 0 aromatic heterocycles. The molecular weight excluding hydrogens is 378 g/mol. The summed E-state index contributed by atoms with van der Waals surface area (Å²) >= 11 is 3.52. The van der Waals surface area contributed by atoms with Crippen LogP contribution in [0, 0.1) is 17.8 Å². The van der Waals surface area contributed by atoms with Crippen LogP contribution in [0.5, 0.6) is 0 Å². The van der Waals surface area contributed by atoms with Crippen LogP contribution in [0.2, 0.25) is 0 Å². The zero-order valence-corrected chi connectivity index (χ0v) is 15.4. The Hall–Kier alpha value is -1.81. The second-order valence-electron chi connectivity index (χ2n) is 7.68. The maximum atomic E-state index is 11.8. The number of carboxylic acids is 1. The Morgan fingerprint density at radius 1 is 1.08 bits per heavy atom. The van der Waals surface area contributed by atoms with Crippen molar-refractivity contribution in [2.24, 2.45) is 17.8 Å². The van der Waals surface area contributed by atoms with Gasteiger partial charge in [0.25, 0.3) is 0 Å². The van der Waals surface area contributed by atoms with E-state index in [-0.39, 0.29) is 6.04 Å². The van der Waals surface area contributed by atoms with Gasteiger partial charge in [0.05, 0.1) is 17.3 Å². The quantitative estimate of drug-likeness (QED) is 0.708. The van der Waals surface area contributed by atoms with Gasteiger partial charge in [-0.05, 0) is 72.3 Å². The number of carboxylic acid groups (broad SMARTS) is 1. The molecule has 0 saturated heterocycles. The van der Waals surface area contributed by atoms with Crippen LogP contribution in [0.25, 0.3) is 0 Å². The van der Waals surface area contributed by atoms with E-state index in [4.69, 9.17) is 0 Å². The van der Waals surface area contributed by atoms with Gasteiger partial charge >= 0.3 is 5.97 Å². The Balaban J connectivity index is 1.67. The number of hydrogen-bond donors (Lipinski definition) is 2. The fourth-order valence-corrected chi connectivity index (χ4v) is 5.96. The molecule has 25 heavy (non-hydrogen) atoms. The summed E-state index contributed by atoms with van der Waals surface area (Å²) in [5, 5.41) is 13.3. The van der Waals surface area contributed by atoms with Crippen LogP contribution in [0.15, 0.2) is 46.9 Å². The molecule has 2 fully saturated rings. The smallest absolute Gasteiger partial charge is 0.337 e. The molecule has 0 unspecified atom stereocenters. The predicted octanol–water partition coefficient (Wildman–Crippen LogP) is 5.44. The number of para-hydroxylation sites is 1. The molecule has 2 N–H and O–H groups in total. The molecule has 5 rings (SSSR count). The van der Waals surface area contributed by atoms with Crippen LogP contribution in [0.4, 0.5) is 5.69 Å². The normalized spacial score (nSPS) is 32.0. The lowest BCUT2D eigenvalue weighted by Gasteiger charge is -2.44. The van der Waals surface area contributed by atoms with Gasteiger partial charge in [0.2, 0.25) is 0 Å². The highest BCUT2D eigenvalue weighted by molar-refractivity contribution is 9.10. The standard InChI is InChI=1S/C21H20BrNO2/c22-14-8-6-11(7-9-14)19-18-13-5-4-12(10-13)17(18)15-2-1-3-16(21(24)25)20(15)23-19/h1-3,6-9,12-13,17-19,23H,4-5,10H2,(H,24,25)/t12-,13-,17+,18+,19+/m0/s1. The number of benzene rings is 2. The van der Waals surface area contributed by atoms with Crippen LogP contribution < -0.4 is 5.32 Å². The maximum Gasteiger partial charge on any atom is 0.337 e. The monoisotopic (exact) mass is 397 g/mol. The van der Waals surface area contributed by atoms with Crippen LogP contribution in [0.1, 0.15) is 52.7 Å². The van der Waals surface area contributed by atoms with Crippen LogP contribution in [-0.2, 0) is 0 Å². The van der Waals surface area contributed by atoms with Gasteiger partial charge in [-0.15, -0.1) is 0 Å². The number of hydrogen-bond acceptors (Lipinski definition) is 2. The fraction of sp³-hybridized carbons (Fsp3) is 0.381. The van der Waals surface area contributed by atoms with E-state index in [2.05, 4.69) is 51.6 Å². The number of aromatic carboxylic acids is 1. The molecule has 128 valence electrons. The summed E-state index contributed by atoms with van der Waals surface area (Å²) in [6, 6.07) is 14.5. The van der Waals surface area contributed by atoms with E-state index in [1.807, 2.05) is 6.07 Å². The molecule has 2 aliphatic carbocycles. The lowest BCUT2D eigenvalue weighted by Crippen LogP contribution is -2.36. The fourth-order valence-electron chi connectivity index (χ4n) is 5.69. The second-order valence-corrected chi connectivity index (χ2v) is 8.60. The minimum atomic E-state index is -0.847. The van der Waals surface area contributed by atoms with E-state index in [0.29, 0.717) is 23.3 Å². The number of nitrogens with one attached hydrogen (secondary N) is 1. The van der Waals surface area contributed by atoms with Crippen molar-refractivity contribution in [1.29, 1.82) is 0 Å². The van der Waals surface area contributed by atoms with E-state index in [0.717, 1.165) is 16.1 Å². The zero-order valence-electron chi connectivity index (χ0n) is 13.8. The summed E-state index contributed by atoms with van der Waals surface area (Å²) in [7, 11) is 0. The van der Waals surface area contributed by atoms with Gasteiger partial charge < -0.3 is 10.4 Å². The Bertz CT molecular complexity index is 847. The summed E-state index contributed by atoms with van der Waals surface area (Å²) < 4.78 is 1.07. The summed E-state index contributed by atoms with van der Waals surface area (Å²) in [5.41, 5.74) is 3.74. The molecule has 2 aromatic rings. The average Bonchev–Trinajstić information content (AvgIpc) is 3.23. The molecule has 0 amide bonds. The van der Waals surface area contributed by atoms with Crippen molar-refractivity contribution in [3.63, 3.8) is 0 Å². The molecule has 3 nitrogen and oxygen atoms in total. The highest BCUT2D eigenvalue weighted by Gasteiger charge is 2.54. The molecule has 0 spiro atoms. The second kappa shape index (κ2) is 5.60. The van der Waals surface area contributed by atoms with E-state index >= 15 is 0 Å². The molecular formula is C21H20BrNO2. The van der Waals surface area contributed by atoms with Crippen LogP contribution >= 0.6 is 15.9 Å². The molecule has 1 heterocycles. The SMILES string of the molecule is O=C(O)c1cccc2c1N[C@H](c1ccc(Br)cc1)[C@@H]1[C@H]3CC[C@@H](C3)[C@H]21. The predicted molar refractivity (Wildman–Crippen MR) is 101 cm³/mol. The van der Waals surface area contributed by atoms with E-state index < -0.39 is 5.97 Å². The first-order valence-corrected chi connectivity index (χ1v) is 9.81. The van der Waals surface area contributed by atoms with Crippen molar-refractivity contribution >= 4 is 27.6 Å². The summed E-state index contributed by atoms with van der Waals surface area (Å²) in [4.78, 5) is 11.8. The molecule has 2 aromatic carbocycles. The Kier molecular flexibility index (Phi) is 3.46. The molecule has 2 bridgehead atoms. The van der Waals surface area contributed by atoms with Gasteiger partial charge in [0.15, 0.2) is 0 Å². The first-order valence-electron chi connectivity index (χ1n) is 9.01. The van der Waals surface area contributed by atoms with E-state index in [1.54, 1.807) is 6.07 Å². The van der Waals surface area contributed by atoms with Crippen molar-refractivity contribution in [2.45, 2.75) is 31.2 Å². The van der Waals surface area contributed by atoms with Crippen molar-refractivity contribution < 1.29 is 9.90 Å². The first-order chi connectivity index (χ1) is 12.1. The third-order valence-electron chi connectivity index (χ3n) is 6.58. The number of anilines is 1. The van der Waals surface area contributed by atoms with Gasteiger partial charge in [0, 0.05) is 4.47 Å². The Labute approximate surface area is 155 Å². The van der Waals surface area contributed by atoms with Crippen LogP contribution in [-0.4, -0.2) is 11.1 Å². The van der Waals surface area contributed by atoms with Crippen LogP contribution in [0.3, 0.4) is 0 Å². The number of carbonyl (C=O) groups is 1. The minimum Gasteiger partial charge on any atom is -0.478 e. The Morgan fingerprint density at radius 2 is 1.84 bits per heavy atom. The first kappa shape index (κ1) is 15.4. The lowest BCUT2D eigenvalue weighted by atomic mass is 9.67. The largest absolute Gasteiger partial charge is 0.478 e. The average molecular weight is 398 g/mol. The number of rotatable bonds is 2. The van der Waals surface area contributed by atoms with Gasteiger partial charge in [-0.25, -0.2) is 4.79 Å². The van der Waals surface area contributed by atoms with E-state index in [9.17, 15) is 9.90 Å². The summed E-state index contributed by atoms with van der Waals surface area (Å²) in [6.45, 7) is 0. The van der Waals surface area contributed by atoms with Crippen molar-refractivity contribution in [3.8, 4) is 0 Å². The molecule has 4 heteroatoms. The van der Waals surface area contributed by atoms with Gasteiger partial charge in [0.1, 0.15) is 0 Å². The minimum absolute atomic E-state index is 0.196. The molecule has 5 atom stereocenters. The molecule has 0 radical (unpaired) electrons. The molecule has 3 aliphatic rings. The van der Waals surface area contributed by atoms with Crippen molar-refractivity contribution in [1.82, 2.24) is 0 Å². The third kappa shape index (κ3) is 2.27. The highest BCUT2D eigenvalue weighted by atomic mass is 79.9. The highest BCUT2D eigenvalue weighted by Crippen LogP contribution is 2.63. The van der Waals surface area contributed by atoms with Crippen molar-refractivity contribution in [2.75, 3.05) is 5.32 Å². The van der Waals surface area contributed by atoms with Gasteiger partial charge in [-0.1, -0.05) is 40.2 Å². The van der Waals surface area contributed by atoms with E-state index in [1.165, 1.54) is 30.4 Å². The lowest BCUT2D eigenvalue weighted by molar-refractivity contribution is 0.0697. The molecule has 1 aliphatic heterocycles.